The number of hydrogen-bond acceptors (Lipinski definition) is 6. The zero-order valence-corrected chi connectivity index (χ0v) is 20.8. The van der Waals surface area contributed by atoms with E-state index in [1.165, 1.54) is 34.2 Å². The summed E-state index contributed by atoms with van der Waals surface area (Å²) in [4.78, 5) is 22.4. The molecule has 7 heteroatoms. The Kier molecular flexibility index (Phi) is 6.91. The summed E-state index contributed by atoms with van der Waals surface area (Å²) >= 11 is 0. The molecule has 1 fully saturated rings. The second-order valence-electron chi connectivity index (χ2n) is 10.0. The van der Waals surface area contributed by atoms with E-state index in [-0.39, 0.29) is 6.04 Å². The molecule has 3 aromatic rings. The van der Waals surface area contributed by atoms with Crippen LogP contribution in [0.5, 0.6) is 0 Å². The van der Waals surface area contributed by atoms with E-state index in [9.17, 15) is 4.79 Å². The molecule has 0 saturated heterocycles. The summed E-state index contributed by atoms with van der Waals surface area (Å²) in [6.07, 6.45) is 7.97. The standard InChI is InChI=1S/C28H36N4O3/c1-19-8-12-24-21(16-19)10-11-22-17-20(18-30-34-2)9-13-25(22)28(24,14-15-29)26-31-27(33)35-32(26)23-6-4-3-5-7-23/h8-9,12-13,16-17,23,30H,3-7,10-11,14-15,18,29H2,1-2H3. The Balaban J connectivity index is 1.78. The van der Waals surface area contributed by atoms with Crippen LogP contribution in [0.25, 0.3) is 0 Å². The van der Waals surface area contributed by atoms with E-state index in [1.807, 2.05) is 4.74 Å². The molecule has 1 unspecified atom stereocenters. The van der Waals surface area contributed by atoms with Crippen LogP contribution in [-0.4, -0.2) is 23.4 Å². The number of hydrogen-bond donors (Lipinski definition) is 2. The van der Waals surface area contributed by atoms with E-state index in [4.69, 9.17) is 15.1 Å². The molecule has 1 saturated carbocycles. The van der Waals surface area contributed by atoms with Gasteiger partial charge in [0.05, 0.1) is 18.6 Å². The van der Waals surface area contributed by atoms with Crippen molar-refractivity contribution in [2.75, 3.05) is 13.7 Å². The van der Waals surface area contributed by atoms with E-state index < -0.39 is 11.2 Å². The minimum atomic E-state index is -0.652. The average molecular weight is 477 g/mol. The zero-order valence-electron chi connectivity index (χ0n) is 20.8. The monoisotopic (exact) mass is 476 g/mol. The molecule has 0 spiro atoms. The van der Waals surface area contributed by atoms with Crippen LogP contribution in [0.4, 0.5) is 0 Å². The molecule has 5 rings (SSSR count). The Morgan fingerprint density at radius 2 is 1.83 bits per heavy atom. The first kappa shape index (κ1) is 24.0. The first-order valence-corrected chi connectivity index (χ1v) is 12.9. The molecular formula is C28H36N4O3. The number of nitrogens with one attached hydrogen (secondary N) is 1. The van der Waals surface area contributed by atoms with Crippen LogP contribution in [0.3, 0.4) is 0 Å². The van der Waals surface area contributed by atoms with Gasteiger partial charge >= 0.3 is 5.76 Å². The molecule has 3 N–H and O–H groups in total. The Morgan fingerprint density at radius 1 is 1.11 bits per heavy atom. The van der Waals surface area contributed by atoms with Crippen molar-refractivity contribution in [3.05, 3.63) is 86.2 Å². The highest BCUT2D eigenvalue weighted by Crippen LogP contribution is 2.47. The van der Waals surface area contributed by atoms with Crippen LogP contribution in [0, 0.1) is 6.92 Å². The minimum absolute atomic E-state index is 0.148. The Labute approximate surface area is 206 Å². The molecule has 0 amide bonds. The van der Waals surface area contributed by atoms with Crippen LogP contribution in [-0.2, 0) is 29.6 Å². The molecule has 0 radical (unpaired) electrons. The molecule has 2 aliphatic carbocycles. The average Bonchev–Trinajstić information content (AvgIpc) is 3.22. The van der Waals surface area contributed by atoms with E-state index in [0.29, 0.717) is 25.3 Å². The molecule has 0 bridgehead atoms. The maximum absolute atomic E-state index is 12.7. The highest BCUT2D eigenvalue weighted by Gasteiger charge is 2.46. The van der Waals surface area contributed by atoms with Gasteiger partial charge in [-0.25, -0.2) is 4.79 Å². The first-order valence-electron chi connectivity index (χ1n) is 12.9. The molecule has 2 aromatic carbocycles. The zero-order chi connectivity index (χ0) is 24.4. The van der Waals surface area contributed by atoms with Crippen LogP contribution >= 0.6 is 0 Å². The minimum Gasteiger partial charge on any atom is -0.330 e. The van der Waals surface area contributed by atoms with Crippen molar-refractivity contribution >= 4 is 0 Å². The number of fused-ring (bicyclic) bond motifs is 2. The summed E-state index contributed by atoms with van der Waals surface area (Å²) in [6, 6.07) is 13.4. The fourth-order valence-electron chi connectivity index (χ4n) is 6.26. The van der Waals surface area contributed by atoms with Crippen LogP contribution < -0.4 is 17.0 Å². The highest BCUT2D eigenvalue weighted by atomic mass is 16.6. The lowest BCUT2D eigenvalue weighted by Gasteiger charge is -2.37. The second kappa shape index (κ2) is 10.1. The van der Waals surface area contributed by atoms with Gasteiger partial charge in [-0.2, -0.15) is 15.2 Å². The molecule has 1 aromatic heterocycles. The quantitative estimate of drug-likeness (QED) is 0.499. The smallest absolute Gasteiger partial charge is 0.330 e. The number of hydroxylamine groups is 1. The number of benzene rings is 2. The van der Waals surface area contributed by atoms with Crippen molar-refractivity contribution in [1.82, 2.24) is 15.2 Å². The van der Waals surface area contributed by atoms with Crippen molar-refractivity contribution in [3.63, 3.8) is 0 Å². The van der Waals surface area contributed by atoms with Crippen molar-refractivity contribution in [3.8, 4) is 0 Å². The topological polar surface area (TPSA) is 95.3 Å². The molecule has 1 atom stereocenters. The molecule has 1 heterocycles. The predicted octanol–water partition coefficient (Wildman–Crippen LogP) is 4.08. The summed E-state index contributed by atoms with van der Waals surface area (Å²) < 4.78 is 7.69. The van der Waals surface area contributed by atoms with Gasteiger partial charge in [-0.15, -0.1) is 0 Å². The molecule has 2 aliphatic rings. The summed E-state index contributed by atoms with van der Waals surface area (Å²) in [5.74, 6) is 0.179. The third kappa shape index (κ3) is 4.37. The van der Waals surface area contributed by atoms with Gasteiger partial charge in [0.25, 0.3) is 0 Å². The first-order chi connectivity index (χ1) is 17.1. The lowest BCUT2D eigenvalue weighted by atomic mass is 9.69. The van der Waals surface area contributed by atoms with Crippen molar-refractivity contribution in [1.29, 1.82) is 0 Å². The maximum Gasteiger partial charge on any atom is 0.459 e. The number of aryl methyl sites for hydroxylation is 3. The van der Waals surface area contributed by atoms with Gasteiger partial charge < -0.3 is 15.1 Å². The largest absolute Gasteiger partial charge is 0.459 e. The second-order valence-corrected chi connectivity index (χ2v) is 10.0. The number of rotatable bonds is 7. The van der Waals surface area contributed by atoms with Gasteiger partial charge in [-0.3, -0.25) is 0 Å². The number of nitrogens with zero attached hydrogens (tertiary/aromatic N) is 2. The van der Waals surface area contributed by atoms with E-state index in [2.05, 4.69) is 53.8 Å². The fraction of sp³-hybridized carbons (Fsp3) is 0.500. The van der Waals surface area contributed by atoms with E-state index in [1.54, 1.807) is 7.11 Å². The Bertz CT molecular complexity index is 1240. The van der Waals surface area contributed by atoms with Crippen molar-refractivity contribution in [2.24, 2.45) is 5.73 Å². The summed E-state index contributed by atoms with van der Waals surface area (Å²) in [6.45, 7) is 3.22. The van der Waals surface area contributed by atoms with Gasteiger partial charge in [0.1, 0.15) is 0 Å². The Hall–Kier alpha value is -2.74. The normalized spacial score (nSPS) is 20.3. The Morgan fingerprint density at radius 3 is 2.54 bits per heavy atom. The summed E-state index contributed by atoms with van der Waals surface area (Å²) in [7, 11) is 1.63. The summed E-state index contributed by atoms with van der Waals surface area (Å²) in [5, 5.41) is 0. The van der Waals surface area contributed by atoms with Crippen LogP contribution in [0.1, 0.15) is 83.8 Å². The van der Waals surface area contributed by atoms with Gasteiger partial charge in [0.2, 0.25) is 0 Å². The van der Waals surface area contributed by atoms with E-state index >= 15 is 0 Å². The summed E-state index contributed by atoms with van der Waals surface area (Å²) in [5.41, 5.74) is 15.9. The van der Waals surface area contributed by atoms with Crippen molar-refractivity contribution < 1.29 is 9.36 Å². The SMILES string of the molecule is CONCc1ccc2c(c1)CCc1cc(C)ccc1C2(CCN)c1nc(=O)on1C1CCCCC1. The number of aromatic nitrogens is 2. The molecular weight excluding hydrogens is 440 g/mol. The third-order valence-electron chi connectivity index (χ3n) is 7.82. The van der Waals surface area contributed by atoms with Gasteiger partial charge in [-0.1, -0.05) is 61.2 Å². The van der Waals surface area contributed by atoms with Crippen LogP contribution in [0.15, 0.2) is 45.7 Å². The lowest BCUT2D eigenvalue weighted by molar-refractivity contribution is 0.0867. The van der Waals surface area contributed by atoms with E-state index in [0.717, 1.165) is 44.1 Å². The van der Waals surface area contributed by atoms with Gasteiger partial charge in [-0.05, 0) is 73.4 Å². The third-order valence-corrected chi connectivity index (χ3v) is 7.82. The van der Waals surface area contributed by atoms with Crippen LogP contribution in [0.2, 0.25) is 0 Å². The number of nitrogens with two attached hydrogens (primary N) is 1. The molecule has 35 heavy (non-hydrogen) atoms. The van der Waals surface area contributed by atoms with Gasteiger partial charge in [0, 0.05) is 6.54 Å². The van der Waals surface area contributed by atoms with Gasteiger partial charge in [0.15, 0.2) is 5.82 Å². The molecule has 0 aliphatic heterocycles. The molecule has 7 nitrogen and oxygen atoms in total. The lowest BCUT2D eigenvalue weighted by Crippen LogP contribution is -2.37. The molecule has 186 valence electrons. The maximum atomic E-state index is 12.7. The predicted molar refractivity (Wildman–Crippen MR) is 135 cm³/mol. The fourth-order valence-corrected chi connectivity index (χ4v) is 6.26. The highest BCUT2D eigenvalue weighted by molar-refractivity contribution is 5.56. The van der Waals surface area contributed by atoms with Crippen molar-refractivity contribution in [2.45, 2.75) is 76.3 Å².